The Hall–Kier alpha value is -1.45. The monoisotopic (exact) mass is 380 g/mol. The van der Waals surface area contributed by atoms with Crippen LogP contribution in [0.5, 0.6) is 0 Å². The van der Waals surface area contributed by atoms with Crippen molar-refractivity contribution >= 4 is 28.7 Å². The van der Waals surface area contributed by atoms with Gasteiger partial charge >= 0.3 is 0 Å². The van der Waals surface area contributed by atoms with Crippen LogP contribution >= 0.6 is 11.8 Å². The molecule has 2 aromatic heterocycles. The molecule has 1 saturated carbocycles. The van der Waals surface area contributed by atoms with Crippen molar-refractivity contribution in [1.82, 2.24) is 25.0 Å². The first-order valence-corrected chi connectivity index (χ1v) is 10.4. The first kappa shape index (κ1) is 19.3. The molecule has 26 heavy (non-hydrogen) atoms. The summed E-state index contributed by atoms with van der Waals surface area (Å²) in [6, 6.07) is -0.209. The van der Waals surface area contributed by atoms with Crippen LogP contribution in [0, 0.1) is 5.92 Å². The van der Waals surface area contributed by atoms with E-state index in [-0.39, 0.29) is 18.6 Å². The van der Waals surface area contributed by atoms with Crippen molar-refractivity contribution in [2.75, 3.05) is 24.2 Å². The highest BCUT2D eigenvalue weighted by molar-refractivity contribution is 7.99. The summed E-state index contributed by atoms with van der Waals surface area (Å²) in [7, 11) is 0. The van der Waals surface area contributed by atoms with Gasteiger partial charge in [0.1, 0.15) is 0 Å². The summed E-state index contributed by atoms with van der Waals surface area (Å²) in [5.41, 5.74) is 1.29. The van der Waals surface area contributed by atoms with Crippen LogP contribution in [0.4, 0.5) is 5.82 Å². The van der Waals surface area contributed by atoms with E-state index in [1.807, 2.05) is 0 Å². The number of fused-ring (bicyclic) bond motifs is 1. The lowest BCUT2D eigenvalue weighted by Gasteiger charge is -2.15. The van der Waals surface area contributed by atoms with E-state index in [9.17, 15) is 10.2 Å². The molecule has 1 aliphatic carbocycles. The van der Waals surface area contributed by atoms with Gasteiger partial charge in [-0.05, 0) is 31.6 Å². The van der Waals surface area contributed by atoms with E-state index < -0.39 is 6.10 Å². The first-order valence-electron chi connectivity index (χ1n) is 9.46. The highest BCUT2D eigenvalue weighted by atomic mass is 32.2. The molecule has 2 aromatic rings. The summed E-state index contributed by atoms with van der Waals surface area (Å²) in [6.45, 7) is 5.18. The number of unbranched alkanes of at least 4 members (excludes halogenated alkanes) is 1. The number of aromatic nitrogens is 5. The predicted octanol–water partition coefficient (Wildman–Crippen LogP) is 2.24. The van der Waals surface area contributed by atoms with Crippen LogP contribution in [0.15, 0.2) is 5.16 Å². The normalized spacial score (nSPS) is 23.0. The van der Waals surface area contributed by atoms with Gasteiger partial charge in [-0.25, -0.2) is 14.6 Å². The molecule has 0 radical (unpaired) electrons. The van der Waals surface area contributed by atoms with Gasteiger partial charge in [0.05, 0.1) is 12.1 Å². The molecule has 3 N–H and O–H groups in total. The molecule has 0 aromatic carbocycles. The second kappa shape index (κ2) is 8.96. The molecule has 2 heterocycles. The maximum absolute atomic E-state index is 10.4. The minimum absolute atomic E-state index is 0.0800. The van der Waals surface area contributed by atoms with Crippen LogP contribution in [0.1, 0.15) is 52.0 Å². The summed E-state index contributed by atoms with van der Waals surface area (Å²) in [5.74, 6) is 1.74. The number of nitrogens with zero attached hydrogens (tertiary/aromatic N) is 5. The second-order valence-electron chi connectivity index (χ2n) is 6.84. The quantitative estimate of drug-likeness (QED) is 0.345. The fraction of sp³-hybridized carbons (Fsp3) is 0.765. The fourth-order valence-electron chi connectivity index (χ4n) is 3.30. The van der Waals surface area contributed by atoms with Crippen LogP contribution in [-0.2, 0) is 0 Å². The van der Waals surface area contributed by atoms with Crippen molar-refractivity contribution in [1.29, 1.82) is 0 Å². The molecule has 0 aliphatic heterocycles. The Kier molecular flexibility index (Phi) is 6.66. The van der Waals surface area contributed by atoms with Crippen LogP contribution in [0.25, 0.3) is 11.2 Å². The van der Waals surface area contributed by atoms with Crippen molar-refractivity contribution in [2.24, 2.45) is 5.92 Å². The van der Waals surface area contributed by atoms with Crippen LogP contribution in [0.2, 0.25) is 0 Å². The number of hydrogen-bond donors (Lipinski definition) is 3. The molecule has 1 fully saturated rings. The zero-order valence-electron chi connectivity index (χ0n) is 15.4. The topological polar surface area (TPSA) is 109 Å². The van der Waals surface area contributed by atoms with Gasteiger partial charge in [-0.2, -0.15) is 0 Å². The second-order valence-corrected chi connectivity index (χ2v) is 7.91. The van der Waals surface area contributed by atoms with Gasteiger partial charge in [-0.15, -0.1) is 5.10 Å². The number of thioether (sulfide) groups is 1. The Balaban J connectivity index is 1.95. The van der Waals surface area contributed by atoms with Crippen molar-refractivity contribution in [3.05, 3.63) is 0 Å². The van der Waals surface area contributed by atoms with Gasteiger partial charge in [0, 0.05) is 18.9 Å². The van der Waals surface area contributed by atoms with Gasteiger partial charge < -0.3 is 15.5 Å². The maximum atomic E-state index is 10.4. The van der Waals surface area contributed by atoms with Crippen LogP contribution in [-0.4, -0.2) is 60.2 Å². The third-order valence-electron chi connectivity index (χ3n) is 4.73. The van der Waals surface area contributed by atoms with E-state index in [0.29, 0.717) is 35.0 Å². The van der Waals surface area contributed by atoms with E-state index >= 15 is 0 Å². The Morgan fingerprint density at radius 3 is 2.77 bits per heavy atom. The SMILES string of the molecule is CCCCNc1nc(SCCC)nc2c1nnn2C1CC(CO)CC1O. The van der Waals surface area contributed by atoms with Crippen LogP contribution in [0.3, 0.4) is 0 Å². The lowest BCUT2D eigenvalue weighted by molar-refractivity contribution is 0.127. The Labute approximate surface area is 157 Å². The summed E-state index contributed by atoms with van der Waals surface area (Å²) in [4.78, 5) is 9.29. The molecule has 0 spiro atoms. The third kappa shape index (κ3) is 4.10. The van der Waals surface area contributed by atoms with E-state index in [4.69, 9.17) is 0 Å². The van der Waals surface area contributed by atoms with Gasteiger partial charge in [0.25, 0.3) is 0 Å². The number of nitrogens with one attached hydrogen (secondary N) is 1. The summed E-state index contributed by atoms with van der Waals surface area (Å²) in [6.07, 6.45) is 3.90. The van der Waals surface area contributed by atoms with Gasteiger partial charge in [0.2, 0.25) is 0 Å². The maximum Gasteiger partial charge on any atom is 0.191 e. The van der Waals surface area contributed by atoms with Crippen molar-refractivity contribution in [3.8, 4) is 0 Å². The average Bonchev–Trinajstić information content (AvgIpc) is 3.23. The standard InChI is InChI=1S/C17H28N6O2S/c1-3-5-6-18-15-14-16(20-17(19-15)26-7-4-2)23(22-21-14)12-8-11(10-24)9-13(12)25/h11-13,24-25H,3-10H2,1-2H3,(H,18,19,20). The molecule has 9 heteroatoms. The smallest absolute Gasteiger partial charge is 0.191 e. The highest BCUT2D eigenvalue weighted by Crippen LogP contribution is 2.36. The molecular weight excluding hydrogens is 352 g/mol. The number of anilines is 1. The molecule has 3 rings (SSSR count). The molecule has 0 bridgehead atoms. The fourth-order valence-corrected chi connectivity index (χ4v) is 4.00. The van der Waals surface area contributed by atoms with Gasteiger partial charge in [-0.3, -0.25) is 0 Å². The average molecular weight is 381 g/mol. The van der Waals surface area contributed by atoms with Crippen molar-refractivity contribution < 1.29 is 10.2 Å². The number of aliphatic hydroxyl groups is 2. The molecule has 144 valence electrons. The minimum Gasteiger partial charge on any atom is -0.396 e. The van der Waals surface area contributed by atoms with Crippen molar-refractivity contribution in [3.63, 3.8) is 0 Å². The Bertz CT molecular complexity index is 725. The van der Waals surface area contributed by atoms with E-state index in [1.54, 1.807) is 16.4 Å². The minimum atomic E-state index is -0.546. The highest BCUT2D eigenvalue weighted by Gasteiger charge is 2.36. The number of hydrogen-bond acceptors (Lipinski definition) is 8. The summed E-state index contributed by atoms with van der Waals surface area (Å²) in [5, 5.41) is 32.5. The zero-order chi connectivity index (χ0) is 18.5. The largest absolute Gasteiger partial charge is 0.396 e. The van der Waals surface area contributed by atoms with Crippen molar-refractivity contribution in [2.45, 2.75) is 63.3 Å². The lowest BCUT2D eigenvalue weighted by atomic mass is 10.1. The number of rotatable bonds is 9. The molecular formula is C17H28N6O2S. The molecule has 0 saturated heterocycles. The predicted molar refractivity (Wildman–Crippen MR) is 102 cm³/mol. The molecule has 1 aliphatic rings. The summed E-state index contributed by atoms with van der Waals surface area (Å²) < 4.78 is 1.72. The van der Waals surface area contributed by atoms with Crippen LogP contribution < -0.4 is 5.32 Å². The summed E-state index contributed by atoms with van der Waals surface area (Å²) >= 11 is 1.62. The first-order chi connectivity index (χ1) is 12.7. The Morgan fingerprint density at radius 2 is 2.08 bits per heavy atom. The van der Waals surface area contributed by atoms with Gasteiger partial charge in [-0.1, -0.05) is 37.2 Å². The number of aliphatic hydroxyl groups excluding tert-OH is 2. The molecule has 8 nitrogen and oxygen atoms in total. The lowest BCUT2D eigenvalue weighted by Crippen LogP contribution is -2.20. The zero-order valence-corrected chi connectivity index (χ0v) is 16.2. The third-order valence-corrected chi connectivity index (χ3v) is 5.78. The van der Waals surface area contributed by atoms with E-state index in [1.165, 1.54) is 0 Å². The molecule has 0 amide bonds. The molecule has 3 atom stereocenters. The van der Waals surface area contributed by atoms with Gasteiger partial charge in [0.15, 0.2) is 22.1 Å². The Morgan fingerprint density at radius 1 is 1.23 bits per heavy atom. The molecule has 3 unspecified atom stereocenters. The van der Waals surface area contributed by atoms with E-state index in [2.05, 4.69) is 39.4 Å². The van der Waals surface area contributed by atoms with E-state index in [0.717, 1.165) is 31.6 Å².